The molecule has 4 rings (SSSR count). The summed E-state index contributed by atoms with van der Waals surface area (Å²) in [6.07, 6.45) is 5.50. The van der Waals surface area contributed by atoms with Crippen molar-refractivity contribution >= 4 is 24.8 Å². The van der Waals surface area contributed by atoms with Crippen LogP contribution in [0.1, 0.15) is 62.1 Å². The SMILES string of the molecule is Cc1cc(OC2CC(CN3CCOCC3)C2)c(C(C)C)cc1CN1CCCC1.Cl.Cl. The van der Waals surface area contributed by atoms with Crippen LogP contribution in [-0.4, -0.2) is 61.8 Å². The maximum atomic E-state index is 6.51. The zero-order chi connectivity index (χ0) is 19.5. The molecule has 30 heavy (non-hydrogen) atoms. The summed E-state index contributed by atoms with van der Waals surface area (Å²) in [7, 11) is 0. The molecular weight excluding hydrogens is 419 g/mol. The highest BCUT2D eigenvalue weighted by molar-refractivity contribution is 5.85. The number of hydrogen-bond acceptors (Lipinski definition) is 4. The number of halogens is 2. The van der Waals surface area contributed by atoms with Crippen LogP contribution >= 0.6 is 24.8 Å². The normalized spacial score (nSPS) is 24.8. The third kappa shape index (κ3) is 6.49. The van der Waals surface area contributed by atoms with Crippen molar-refractivity contribution in [3.8, 4) is 5.75 Å². The molecule has 0 spiro atoms. The Balaban J connectivity index is 0.00000160. The van der Waals surface area contributed by atoms with Crippen molar-refractivity contribution in [2.75, 3.05) is 45.9 Å². The Morgan fingerprint density at radius 3 is 2.30 bits per heavy atom. The third-order valence-electron chi connectivity index (χ3n) is 6.79. The lowest BCUT2D eigenvalue weighted by molar-refractivity contribution is -0.000140. The second kappa shape index (κ2) is 11.9. The van der Waals surface area contributed by atoms with Crippen LogP contribution in [0.15, 0.2) is 12.1 Å². The van der Waals surface area contributed by atoms with Gasteiger partial charge in [0.15, 0.2) is 0 Å². The lowest BCUT2D eigenvalue weighted by Crippen LogP contribution is -2.45. The maximum Gasteiger partial charge on any atom is 0.123 e. The van der Waals surface area contributed by atoms with Crippen molar-refractivity contribution in [3.63, 3.8) is 0 Å². The van der Waals surface area contributed by atoms with Crippen LogP contribution in [0.2, 0.25) is 0 Å². The minimum Gasteiger partial charge on any atom is -0.490 e. The first kappa shape index (κ1) is 25.7. The van der Waals surface area contributed by atoms with Crippen molar-refractivity contribution in [2.24, 2.45) is 5.92 Å². The van der Waals surface area contributed by atoms with Gasteiger partial charge in [0, 0.05) is 26.2 Å². The predicted octanol–water partition coefficient (Wildman–Crippen LogP) is 5.05. The van der Waals surface area contributed by atoms with Crippen molar-refractivity contribution in [3.05, 3.63) is 28.8 Å². The highest BCUT2D eigenvalue weighted by Crippen LogP contribution is 2.37. The van der Waals surface area contributed by atoms with E-state index >= 15 is 0 Å². The van der Waals surface area contributed by atoms with Gasteiger partial charge in [0.25, 0.3) is 0 Å². The minimum absolute atomic E-state index is 0. The minimum atomic E-state index is 0. The van der Waals surface area contributed by atoms with Gasteiger partial charge in [-0.1, -0.05) is 19.9 Å². The summed E-state index contributed by atoms with van der Waals surface area (Å²) >= 11 is 0. The van der Waals surface area contributed by atoms with Crippen LogP contribution in [0, 0.1) is 12.8 Å². The molecule has 0 radical (unpaired) electrons. The first-order valence-electron chi connectivity index (χ1n) is 11.4. The molecule has 0 N–H and O–H groups in total. The highest BCUT2D eigenvalue weighted by Gasteiger charge is 2.33. The van der Waals surface area contributed by atoms with E-state index in [2.05, 4.69) is 42.7 Å². The number of aryl methyl sites for hydroxylation is 1. The van der Waals surface area contributed by atoms with Gasteiger partial charge in [-0.2, -0.15) is 0 Å². The molecule has 172 valence electrons. The summed E-state index contributed by atoms with van der Waals surface area (Å²) in [5, 5.41) is 0. The molecule has 6 heteroatoms. The zero-order valence-electron chi connectivity index (χ0n) is 18.9. The molecule has 0 atom stereocenters. The van der Waals surface area contributed by atoms with Crippen LogP contribution in [-0.2, 0) is 11.3 Å². The van der Waals surface area contributed by atoms with Gasteiger partial charge in [0.1, 0.15) is 5.75 Å². The maximum absolute atomic E-state index is 6.51. The lowest BCUT2D eigenvalue weighted by atomic mass is 9.81. The highest BCUT2D eigenvalue weighted by atomic mass is 35.5. The topological polar surface area (TPSA) is 24.9 Å². The smallest absolute Gasteiger partial charge is 0.123 e. The summed E-state index contributed by atoms with van der Waals surface area (Å²) in [6, 6.07) is 4.74. The Kier molecular flexibility index (Phi) is 10.2. The second-order valence-corrected chi connectivity index (χ2v) is 9.44. The average Bonchev–Trinajstić information content (AvgIpc) is 3.15. The summed E-state index contributed by atoms with van der Waals surface area (Å²) in [6.45, 7) is 15.6. The van der Waals surface area contributed by atoms with E-state index in [1.165, 1.54) is 62.0 Å². The fourth-order valence-electron chi connectivity index (χ4n) is 4.90. The number of hydrogen-bond donors (Lipinski definition) is 0. The van der Waals surface area contributed by atoms with E-state index in [1.807, 2.05) is 0 Å². The number of ether oxygens (including phenoxy) is 2. The average molecular weight is 460 g/mol. The van der Waals surface area contributed by atoms with E-state index in [0.717, 1.165) is 44.5 Å². The van der Waals surface area contributed by atoms with Crippen molar-refractivity contribution in [1.82, 2.24) is 9.80 Å². The number of likely N-dealkylation sites (tertiary alicyclic amines) is 1. The molecule has 4 nitrogen and oxygen atoms in total. The molecule has 0 unspecified atom stereocenters. The fraction of sp³-hybridized carbons (Fsp3) is 0.750. The number of morpholine rings is 1. The Labute approximate surface area is 195 Å². The van der Waals surface area contributed by atoms with Crippen LogP contribution in [0.3, 0.4) is 0 Å². The monoisotopic (exact) mass is 458 g/mol. The molecule has 1 aromatic carbocycles. The fourth-order valence-corrected chi connectivity index (χ4v) is 4.90. The van der Waals surface area contributed by atoms with Crippen molar-refractivity contribution < 1.29 is 9.47 Å². The van der Waals surface area contributed by atoms with Gasteiger partial charge in [-0.25, -0.2) is 0 Å². The first-order valence-corrected chi connectivity index (χ1v) is 11.4. The van der Waals surface area contributed by atoms with E-state index < -0.39 is 0 Å². The van der Waals surface area contributed by atoms with Gasteiger partial charge in [-0.3, -0.25) is 9.80 Å². The Morgan fingerprint density at radius 2 is 1.67 bits per heavy atom. The molecular formula is C24H40Cl2N2O2. The second-order valence-electron chi connectivity index (χ2n) is 9.44. The molecule has 1 aliphatic carbocycles. The van der Waals surface area contributed by atoms with Gasteiger partial charge < -0.3 is 9.47 Å². The van der Waals surface area contributed by atoms with Crippen molar-refractivity contribution in [1.29, 1.82) is 0 Å². The van der Waals surface area contributed by atoms with Gasteiger partial charge in [-0.15, -0.1) is 24.8 Å². The molecule has 1 saturated carbocycles. The molecule has 2 aliphatic heterocycles. The van der Waals surface area contributed by atoms with Gasteiger partial charge in [0.05, 0.1) is 19.3 Å². The molecule has 0 aromatic heterocycles. The van der Waals surface area contributed by atoms with E-state index in [1.54, 1.807) is 0 Å². The summed E-state index contributed by atoms with van der Waals surface area (Å²) < 4.78 is 12.0. The van der Waals surface area contributed by atoms with Gasteiger partial charge in [-0.05, 0) is 80.3 Å². The number of benzene rings is 1. The van der Waals surface area contributed by atoms with E-state index in [0.29, 0.717) is 12.0 Å². The van der Waals surface area contributed by atoms with Crippen LogP contribution in [0.4, 0.5) is 0 Å². The quantitative estimate of drug-likeness (QED) is 0.570. The summed E-state index contributed by atoms with van der Waals surface area (Å²) in [5.74, 6) is 2.42. The van der Waals surface area contributed by atoms with E-state index in [-0.39, 0.29) is 24.8 Å². The molecule has 1 aromatic rings. The van der Waals surface area contributed by atoms with Crippen LogP contribution < -0.4 is 4.74 Å². The Morgan fingerprint density at radius 1 is 1.00 bits per heavy atom. The number of rotatable bonds is 7. The summed E-state index contributed by atoms with van der Waals surface area (Å²) in [5.41, 5.74) is 4.25. The largest absolute Gasteiger partial charge is 0.490 e. The Bertz CT molecular complexity index is 653. The van der Waals surface area contributed by atoms with Gasteiger partial charge in [0.2, 0.25) is 0 Å². The summed E-state index contributed by atoms with van der Waals surface area (Å²) in [4.78, 5) is 5.15. The molecule has 3 fully saturated rings. The van der Waals surface area contributed by atoms with Crippen molar-refractivity contribution in [2.45, 2.75) is 65.0 Å². The zero-order valence-corrected chi connectivity index (χ0v) is 20.5. The van der Waals surface area contributed by atoms with Gasteiger partial charge >= 0.3 is 0 Å². The first-order chi connectivity index (χ1) is 13.6. The molecule has 2 heterocycles. The van der Waals surface area contributed by atoms with E-state index in [9.17, 15) is 0 Å². The van der Waals surface area contributed by atoms with Crippen LogP contribution in [0.25, 0.3) is 0 Å². The Hall–Kier alpha value is -0.520. The lowest BCUT2D eigenvalue weighted by Gasteiger charge is -2.40. The molecule has 2 saturated heterocycles. The predicted molar refractivity (Wildman–Crippen MR) is 129 cm³/mol. The third-order valence-corrected chi connectivity index (χ3v) is 6.79. The van der Waals surface area contributed by atoms with Crippen LogP contribution in [0.5, 0.6) is 5.75 Å². The standard InChI is InChI=1S/C24H38N2O2.2ClH/c1-18(2)23-15-21(17-25-6-4-5-7-25)19(3)12-24(23)28-22-13-20(14-22)16-26-8-10-27-11-9-26;;/h12,15,18,20,22H,4-11,13-14,16-17H2,1-3H3;2*1H. The number of nitrogens with zero attached hydrogens (tertiary/aromatic N) is 2. The molecule has 3 aliphatic rings. The molecule has 0 bridgehead atoms. The molecule has 0 amide bonds. The van der Waals surface area contributed by atoms with E-state index in [4.69, 9.17) is 9.47 Å².